The van der Waals surface area contributed by atoms with Crippen LogP contribution in [0.5, 0.6) is 0 Å². The minimum absolute atomic E-state index is 0.0415. The van der Waals surface area contributed by atoms with Gasteiger partial charge in [0, 0.05) is 11.4 Å². The van der Waals surface area contributed by atoms with Crippen molar-refractivity contribution in [2.45, 2.75) is 33.2 Å². The molecular weight excluding hydrogens is 260 g/mol. The molecule has 2 rings (SSSR count). The van der Waals surface area contributed by atoms with Crippen LogP contribution in [0.4, 0.5) is 11.4 Å². The molecule has 0 heterocycles. The van der Waals surface area contributed by atoms with Crippen molar-refractivity contribution >= 4 is 17.3 Å². The lowest BCUT2D eigenvalue weighted by atomic mass is 10.1. The van der Waals surface area contributed by atoms with Crippen molar-refractivity contribution in [1.82, 2.24) is 0 Å². The third kappa shape index (κ3) is 4.35. The summed E-state index contributed by atoms with van der Waals surface area (Å²) in [5.74, 6) is -0.0415. The summed E-state index contributed by atoms with van der Waals surface area (Å²) in [6.45, 7) is 5.99. The summed E-state index contributed by atoms with van der Waals surface area (Å²) >= 11 is 0. The molecule has 1 unspecified atom stereocenters. The highest BCUT2D eigenvalue weighted by molar-refractivity contribution is 5.96. The first kappa shape index (κ1) is 15.1. The zero-order chi connectivity index (χ0) is 15.2. The summed E-state index contributed by atoms with van der Waals surface area (Å²) in [4.78, 5) is 12.2. The van der Waals surface area contributed by atoms with E-state index in [0.717, 1.165) is 23.4 Å². The van der Waals surface area contributed by atoms with Gasteiger partial charge in [-0.1, -0.05) is 31.2 Å². The molecule has 0 saturated heterocycles. The second-order valence-corrected chi connectivity index (χ2v) is 5.28. The Bertz CT molecular complexity index is 605. The lowest BCUT2D eigenvalue weighted by Gasteiger charge is -2.15. The third-order valence-electron chi connectivity index (χ3n) is 3.42. The van der Waals surface area contributed by atoms with Crippen molar-refractivity contribution in [2.24, 2.45) is 0 Å². The Morgan fingerprint density at radius 3 is 2.43 bits per heavy atom. The summed E-state index contributed by atoms with van der Waals surface area (Å²) in [6, 6.07) is 15.7. The number of benzene rings is 2. The maximum absolute atomic E-state index is 12.2. The quantitative estimate of drug-likeness (QED) is 0.870. The Morgan fingerprint density at radius 2 is 1.81 bits per heavy atom. The van der Waals surface area contributed by atoms with Crippen LogP contribution < -0.4 is 10.6 Å². The fourth-order valence-electron chi connectivity index (χ4n) is 2.13. The molecule has 0 bridgehead atoms. The van der Waals surface area contributed by atoms with E-state index >= 15 is 0 Å². The van der Waals surface area contributed by atoms with Crippen molar-refractivity contribution in [1.29, 1.82) is 0 Å². The van der Waals surface area contributed by atoms with E-state index in [-0.39, 0.29) is 11.9 Å². The number of amides is 1. The zero-order valence-corrected chi connectivity index (χ0v) is 12.8. The van der Waals surface area contributed by atoms with E-state index in [1.165, 1.54) is 5.56 Å². The van der Waals surface area contributed by atoms with Gasteiger partial charge < -0.3 is 10.6 Å². The highest BCUT2D eigenvalue weighted by Crippen LogP contribution is 2.13. The van der Waals surface area contributed by atoms with Crippen LogP contribution in [-0.4, -0.2) is 11.9 Å². The number of carbonyl (C=O) groups excluding carboxylic acids is 1. The lowest BCUT2D eigenvalue weighted by Crippen LogP contribution is -2.31. The average molecular weight is 282 g/mol. The van der Waals surface area contributed by atoms with Crippen molar-refractivity contribution in [3.8, 4) is 0 Å². The van der Waals surface area contributed by atoms with Crippen LogP contribution in [0.3, 0.4) is 0 Å². The van der Waals surface area contributed by atoms with E-state index in [0.29, 0.717) is 0 Å². The smallest absolute Gasteiger partial charge is 0.246 e. The molecule has 0 fully saturated rings. The molecule has 3 heteroatoms. The van der Waals surface area contributed by atoms with Crippen LogP contribution >= 0.6 is 0 Å². The van der Waals surface area contributed by atoms with Crippen LogP contribution in [0.1, 0.15) is 25.0 Å². The van der Waals surface area contributed by atoms with Gasteiger partial charge in [-0.15, -0.1) is 0 Å². The first-order valence-electron chi connectivity index (χ1n) is 7.31. The number of nitrogens with one attached hydrogen (secondary N) is 2. The Labute approximate surface area is 126 Å². The first-order chi connectivity index (χ1) is 10.1. The standard InChI is InChI=1S/C18H22N2O/c1-4-15-8-10-16(11-9-15)19-14(3)18(21)20-17-7-5-6-13(2)12-17/h5-12,14,19H,4H2,1-3H3,(H,20,21). The van der Waals surface area contributed by atoms with Gasteiger partial charge in [0.1, 0.15) is 6.04 Å². The number of hydrogen-bond acceptors (Lipinski definition) is 2. The number of carbonyl (C=O) groups is 1. The van der Waals surface area contributed by atoms with Crippen LogP contribution in [0.2, 0.25) is 0 Å². The molecule has 0 aliphatic carbocycles. The summed E-state index contributed by atoms with van der Waals surface area (Å²) < 4.78 is 0. The molecule has 3 nitrogen and oxygen atoms in total. The Balaban J connectivity index is 1.95. The Morgan fingerprint density at radius 1 is 1.10 bits per heavy atom. The predicted molar refractivity (Wildman–Crippen MR) is 88.7 cm³/mol. The second-order valence-electron chi connectivity index (χ2n) is 5.28. The zero-order valence-electron chi connectivity index (χ0n) is 12.8. The lowest BCUT2D eigenvalue weighted by molar-refractivity contribution is -0.116. The molecule has 0 saturated carbocycles. The summed E-state index contributed by atoms with van der Waals surface area (Å²) in [5.41, 5.74) is 4.20. The van der Waals surface area contributed by atoms with Crippen molar-refractivity contribution in [3.05, 3.63) is 59.7 Å². The highest BCUT2D eigenvalue weighted by atomic mass is 16.2. The SMILES string of the molecule is CCc1ccc(NC(C)C(=O)Nc2cccc(C)c2)cc1. The van der Waals surface area contributed by atoms with Gasteiger partial charge in [-0.05, 0) is 55.7 Å². The van der Waals surface area contributed by atoms with Gasteiger partial charge in [-0.25, -0.2) is 0 Å². The number of aryl methyl sites for hydroxylation is 2. The fourth-order valence-corrected chi connectivity index (χ4v) is 2.13. The maximum atomic E-state index is 12.2. The highest BCUT2D eigenvalue weighted by Gasteiger charge is 2.12. The summed E-state index contributed by atoms with van der Waals surface area (Å²) in [6.07, 6.45) is 1.02. The van der Waals surface area contributed by atoms with Crippen molar-refractivity contribution < 1.29 is 4.79 Å². The summed E-state index contributed by atoms with van der Waals surface area (Å²) in [5, 5.41) is 6.14. The van der Waals surface area contributed by atoms with E-state index < -0.39 is 0 Å². The van der Waals surface area contributed by atoms with Gasteiger partial charge in [0.2, 0.25) is 5.91 Å². The number of anilines is 2. The number of hydrogen-bond donors (Lipinski definition) is 2. The van der Waals surface area contributed by atoms with Gasteiger partial charge in [0.15, 0.2) is 0 Å². The Hall–Kier alpha value is -2.29. The van der Waals surface area contributed by atoms with E-state index in [2.05, 4.69) is 29.7 Å². The van der Waals surface area contributed by atoms with Crippen LogP contribution in [0.15, 0.2) is 48.5 Å². The van der Waals surface area contributed by atoms with E-state index in [1.807, 2.05) is 50.2 Å². The molecule has 1 amide bonds. The van der Waals surface area contributed by atoms with Gasteiger partial charge in [0.05, 0.1) is 0 Å². The van der Waals surface area contributed by atoms with E-state index in [4.69, 9.17) is 0 Å². The largest absolute Gasteiger partial charge is 0.374 e. The van der Waals surface area contributed by atoms with Gasteiger partial charge in [-0.3, -0.25) is 4.79 Å². The van der Waals surface area contributed by atoms with Gasteiger partial charge in [-0.2, -0.15) is 0 Å². The summed E-state index contributed by atoms with van der Waals surface area (Å²) in [7, 11) is 0. The monoisotopic (exact) mass is 282 g/mol. The molecular formula is C18H22N2O. The van der Waals surface area contributed by atoms with Gasteiger partial charge in [0.25, 0.3) is 0 Å². The molecule has 2 aromatic carbocycles. The van der Waals surface area contributed by atoms with Crippen molar-refractivity contribution in [3.63, 3.8) is 0 Å². The van der Waals surface area contributed by atoms with E-state index in [9.17, 15) is 4.79 Å². The minimum atomic E-state index is -0.294. The van der Waals surface area contributed by atoms with Crippen LogP contribution in [0, 0.1) is 6.92 Å². The maximum Gasteiger partial charge on any atom is 0.246 e. The second kappa shape index (κ2) is 6.93. The average Bonchev–Trinajstić information content (AvgIpc) is 2.48. The van der Waals surface area contributed by atoms with Crippen LogP contribution in [0.25, 0.3) is 0 Å². The molecule has 0 radical (unpaired) electrons. The molecule has 0 aromatic heterocycles. The fraction of sp³-hybridized carbons (Fsp3) is 0.278. The molecule has 1 atom stereocenters. The van der Waals surface area contributed by atoms with Crippen molar-refractivity contribution in [2.75, 3.05) is 10.6 Å². The molecule has 0 aliphatic heterocycles. The molecule has 110 valence electrons. The first-order valence-corrected chi connectivity index (χ1v) is 7.31. The topological polar surface area (TPSA) is 41.1 Å². The molecule has 0 spiro atoms. The van der Waals surface area contributed by atoms with Crippen LogP contribution in [-0.2, 0) is 11.2 Å². The number of rotatable bonds is 5. The normalized spacial score (nSPS) is 11.8. The molecule has 21 heavy (non-hydrogen) atoms. The van der Waals surface area contributed by atoms with E-state index in [1.54, 1.807) is 0 Å². The van der Waals surface area contributed by atoms with Gasteiger partial charge >= 0.3 is 0 Å². The Kier molecular flexibility index (Phi) is 4.99. The predicted octanol–water partition coefficient (Wildman–Crippen LogP) is 4.00. The minimum Gasteiger partial charge on any atom is -0.374 e. The molecule has 2 N–H and O–H groups in total. The molecule has 0 aliphatic rings. The third-order valence-corrected chi connectivity index (χ3v) is 3.42. The molecule has 2 aromatic rings.